The summed E-state index contributed by atoms with van der Waals surface area (Å²) in [6.07, 6.45) is 3.90. The van der Waals surface area contributed by atoms with Crippen LogP contribution in [0.3, 0.4) is 0 Å². The topological polar surface area (TPSA) is 43.5 Å². The van der Waals surface area contributed by atoms with E-state index in [0.717, 1.165) is 39.1 Å². The first kappa shape index (κ1) is 14.3. The highest BCUT2D eigenvalue weighted by molar-refractivity contribution is 4.81. The maximum Gasteiger partial charge on any atom is 0.104 e. The minimum Gasteiger partial charge on any atom is -0.375 e. The highest BCUT2D eigenvalue weighted by Gasteiger charge is 2.32. The van der Waals surface area contributed by atoms with Crippen molar-refractivity contribution in [2.24, 2.45) is 0 Å². The first-order valence-electron chi connectivity index (χ1n) is 7.14. The van der Waals surface area contributed by atoms with Gasteiger partial charge in [-0.05, 0) is 19.8 Å². The number of rotatable bonds is 10. The number of hydrogen-bond donors (Lipinski definition) is 0. The van der Waals surface area contributed by atoms with Gasteiger partial charge in [-0.2, -0.15) is 0 Å². The van der Waals surface area contributed by atoms with Crippen molar-refractivity contribution < 1.29 is 18.9 Å². The Morgan fingerprint density at radius 2 is 1.78 bits per heavy atom. The Morgan fingerprint density at radius 3 is 2.28 bits per heavy atom. The molecule has 0 aromatic heterocycles. The maximum atomic E-state index is 6.02. The van der Waals surface area contributed by atoms with Gasteiger partial charge in [0, 0.05) is 6.42 Å². The zero-order valence-electron chi connectivity index (χ0n) is 11.8. The van der Waals surface area contributed by atoms with Crippen LogP contribution in [0.1, 0.15) is 40.0 Å². The minimum atomic E-state index is -0.100. The molecule has 2 saturated heterocycles. The molecule has 4 nitrogen and oxygen atoms in total. The van der Waals surface area contributed by atoms with Gasteiger partial charge in [-0.3, -0.25) is 0 Å². The van der Waals surface area contributed by atoms with Gasteiger partial charge in [0.15, 0.2) is 0 Å². The van der Waals surface area contributed by atoms with Crippen molar-refractivity contribution in [3.63, 3.8) is 0 Å². The lowest BCUT2D eigenvalue weighted by molar-refractivity contribution is -0.0841. The zero-order valence-corrected chi connectivity index (χ0v) is 11.8. The molecule has 0 aromatic carbocycles. The molecule has 0 aromatic rings. The monoisotopic (exact) mass is 258 g/mol. The number of ether oxygens (including phenoxy) is 4. The average molecular weight is 258 g/mol. The van der Waals surface area contributed by atoms with E-state index in [2.05, 4.69) is 20.8 Å². The highest BCUT2D eigenvalue weighted by Crippen LogP contribution is 2.27. The summed E-state index contributed by atoms with van der Waals surface area (Å²) in [6, 6.07) is 0. The maximum absolute atomic E-state index is 6.02. The van der Waals surface area contributed by atoms with Crippen LogP contribution >= 0.6 is 0 Å². The molecule has 2 rings (SSSR count). The third kappa shape index (κ3) is 4.84. The Morgan fingerprint density at radius 1 is 1.17 bits per heavy atom. The smallest absolute Gasteiger partial charge is 0.104 e. The Kier molecular flexibility index (Phi) is 5.01. The molecule has 0 aliphatic carbocycles. The second-order valence-corrected chi connectivity index (χ2v) is 5.59. The first-order chi connectivity index (χ1) is 8.65. The van der Waals surface area contributed by atoms with Gasteiger partial charge >= 0.3 is 0 Å². The summed E-state index contributed by atoms with van der Waals surface area (Å²) in [5.74, 6) is 0. The summed E-state index contributed by atoms with van der Waals surface area (Å²) < 4.78 is 22.3. The van der Waals surface area contributed by atoms with E-state index in [1.165, 1.54) is 0 Å². The second kappa shape index (κ2) is 6.33. The van der Waals surface area contributed by atoms with Crippen molar-refractivity contribution in [3.05, 3.63) is 0 Å². The molecule has 4 unspecified atom stereocenters. The molecule has 2 fully saturated rings. The summed E-state index contributed by atoms with van der Waals surface area (Å²) in [5, 5.41) is 0. The summed E-state index contributed by atoms with van der Waals surface area (Å²) in [4.78, 5) is 0. The van der Waals surface area contributed by atoms with Crippen LogP contribution in [0.4, 0.5) is 0 Å². The Bertz CT molecular complexity index is 250. The van der Waals surface area contributed by atoms with Gasteiger partial charge in [-0.1, -0.05) is 13.8 Å². The molecule has 2 heterocycles. The fourth-order valence-electron chi connectivity index (χ4n) is 1.97. The van der Waals surface area contributed by atoms with Crippen molar-refractivity contribution >= 4 is 0 Å². The quantitative estimate of drug-likeness (QED) is 0.563. The lowest BCUT2D eigenvalue weighted by Crippen LogP contribution is -2.35. The van der Waals surface area contributed by atoms with Crippen LogP contribution in [-0.2, 0) is 18.9 Å². The highest BCUT2D eigenvalue weighted by atomic mass is 16.6. The summed E-state index contributed by atoms with van der Waals surface area (Å²) in [7, 11) is 0. The summed E-state index contributed by atoms with van der Waals surface area (Å²) in [5.41, 5.74) is -0.100. The zero-order chi connectivity index (χ0) is 13.0. The average Bonchev–Trinajstić information content (AvgIpc) is 3.26. The van der Waals surface area contributed by atoms with E-state index in [0.29, 0.717) is 18.8 Å². The largest absolute Gasteiger partial charge is 0.375 e. The van der Waals surface area contributed by atoms with Crippen LogP contribution in [0.25, 0.3) is 0 Å². The molecule has 2 aliphatic rings. The molecule has 18 heavy (non-hydrogen) atoms. The van der Waals surface area contributed by atoms with Crippen molar-refractivity contribution in [3.8, 4) is 0 Å². The third-order valence-electron chi connectivity index (χ3n) is 3.80. The molecular weight excluding hydrogens is 232 g/mol. The van der Waals surface area contributed by atoms with Crippen molar-refractivity contribution in [1.29, 1.82) is 0 Å². The lowest BCUT2D eigenvalue weighted by atomic mass is 9.94. The van der Waals surface area contributed by atoms with Gasteiger partial charge in [-0.15, -0.1) is 0 Å². The van der Waals surface area contributed by atoms with Crippen LogP contribution in [0, 0.1) is 0 Å². The molecule has 0 saturated carbocycles. The van der Waals surface area contributed by atoms with Gasteiger partial charge in [0.05, 0.1) is 38.1 Å². The van der Waals surface area contributed by atoms with Crippen LogP contribution in [0.15, 0.2) is 0 Å². The van der Waals surface area contributed by atoms with Crippen LogP contribution in [0.2, 0.25) is 0 Å². The molecule has 0 N–H and O–H groups in total. The Labute approximate surface area is 110 Å². The first-order valence-corrected chi connectivity index (χ1v) is 7.14. The van der Waals surface area contributed by atoms with Gasteiger partial charge in [-0.25, -0.2) is 0 Å². The Balaban J connectivity index is 1.72. The lowest BCUT2D eigenvalue weighted by Gasteiger charge is -2.32. The van der Waals surface area contributed by atoms with Gasteiger partial charge in [0.25, 0.3) is 0 Å². The van der Waals surface area contributed by atoms with Gasteiger partial charge in [0.2, 0.25) is 0 Å². The number of epoxide rings is 2. The van der Waals surface area contributed by atoms with E-state index in [1.54, 1.807) is 0 Å². The van der Waals surface area contributed by atoms with Gasteiger partial charge in [0.1, 0.15) is 12.2 Å². The second-order valence-electron chi connectivity index (χ2n) is 5.59. The minimum absolute atomic E-state index is 0.100. The standard InChI is InChI=1S/C14H26O4/c1-4-11(15-7-12-8-16-12)6-14(3,5-2)18-10-13-9-17-13/h11-13H,4-10H2,1-3H3. The molecular formula is C14H26O4. The fraction of sp³-hybridized carbons (Fsp3) is 1.00. The fourth-order valence-corrected chi connectivity index (χ4v) is 1.97. The number of hydrogen-bond acceptors (Lipinski definition) is 4. The molecule has 4 atom stereocenters. The van der Waals surface area contributed by atoms with E-state index in [-0.39, 0.29) is 11.7 Å². The Hall–Kier alpha value is -0.160. The van der Waals surface area contributed by atoms with E-state index in [1.807, 2.05) is 0 Å². The molecule has 4 heteroatoms. The van der Waals surface area contributed by atoms with E-state index < -0.39 is 0 Å². The summed E-state index contributed by atoms with van der Waals surface area (Å²) in [6.45, 7) is 9.66. The molecule has 2 aliphatic heterocycles. The van der Waals surface area contributed by atoms with Crippen molar-refractivity contribution in [1.82, 2.24) is 0 Å². The van der Waals surface area contributed by atoms with Crippen molar-refractivity contribution in [2.45, 2.75) is 63.9 Å². The van der Waals surface area contributed by atoms with E-state index in [9.17, 15) is 0 Å². The molecule has 0 amide bonds. The van der Waals surface area contributed by atoms with Crippen LogP contribution < -0.4 is 0 Å². The molecule has 106 valence electrons. The van der Waals surface area contributed by atoms with Crippen molar-refractivity contribution in [2.75, 3.05) is 26.4 Å². The van der Waals surface area contributed by atoms with Crippen LogP contribution in [0.5, 0.6) is 0 Å². The predicted molar refractivity (Wildman–Crippen MR) is 68.8 cm³/mol. The summed E-state index contributed by atoms with van der Waals surface area (Å²) >= 11 is 0. The third-order valence-corrected chi connectivity index (χ3v) is 3.80. The molecule has 0 spiro atoms. The van der Waals surface area contributed by atoms with Crippen LogP contribution in [-0.4, -0.2) is 50.3 Å². The molecule has 0 bridgehead atoms. The molecule has 0 radical (unpaired) electrons. The SMILES string of the molecule is CCC(CC(C)(CC)OCC1CO1)OCC1CO1. The van der Waals surface area contributed by atoms with E-state index >= 15 is 0 Å². The van der Waals surface area contributed by atoms with E-state index in [4.69, 9.17) is 18.9 Å². The normalized spacial score (nSPS) is 30.8. The predicted octanol–water partition coefficient (Wildman–Crippen LogP) is 2.15. The van der Waals surface area contributed by atoms with Gasteiger partial charge < -0.3 is 18.9 Å².